The van der Waals surface area contributed by atoms with Gasteiger partial charge in [0.1, 0.15) is 0 Å². The van der Waals surface area contributed by atoms with Crippen LogP contribution in [0, 0.1) is 5.41 Å². The molecule has 0 bridgehead atoms. The van der Waals surface area contributed by atoms with E-state index >= 15 is 0 Å². The lowest BCUT2D eigenvalue weighted by Gasteiger charge is -2.26. The van der Waals surface area contributed by atoms with Crippen molar-refractivity contribution in [3.05, 3.63) is 24.4 Å². The van der Waals surface area contributed by atoms with Crippen LogP contribution in [0.1, 0.15) is 13.8 Å². The summed E-state index contributed by atoms with van der Waals surface area (Å²) in [6.45, 7) is 8.21. The van der Waals surface area contributed by atoms with E-state index in [1.807, 2.05) is 13.1 Å². The summed E-state index contributed by atoms with van der Waals surface area (Å²) in [5.74, 6) is 0. The Hall–Kier alpha value is -1.05. The highest BCUT2D eigenvalue weighted by Gasteiger charge is 2.21. The van der Waals surface area contributed by atoms with Gasteiger partial charge in [-0.1, -0.05) is 26.5 Å². The van der Waals surface area contributed by atoms with E-state index in [0.29, 0.717) is 0 Å². The molecule has 0 amide bonds. The summed E-state index contributed by atoms with van der Waals surface area (Å²) in [7, 11) is 1.91. The van der Waals surface area contributed by atoms with Crippen LogP contribution in [0.25, 0.3) is 0 Å². The fourth-order valence-electron chi connectivity index (χ4n) is 1.00. The molecule has 0 N–H and O–H groups in total. The predicted molar refractivity (Wildman–Crippen MR) is 48.3 cm³/mol. The van der Waals surface area contributed by atoms with Crippen molar-refractivity contribution in [3.63, 3.8) is 0 Å². The Morgan fingerprint density at radius 2 is 2.18 bits per heavy atom. The van der Waals surface area contributed by atoms with Gasteiger partial charge in [0.15, 0.2) is 0 Å². The second-order valence-electron chi connectivity index (χ2n) is 3.32. The standard InChI is InChI=1S/C9H14N2/c1-8-9(2,3)6-5-7-10-11(8)4/h5-7H,1H2,2-4H3. The van der Waals surface area contributed by atoms with Gasteiger partial charge >= 0.3 is 0 Å². The molecular weight excluding hydrogens is 136 g/mol. The molecule has 0 aromatic rings. The minimum atomic E-state index is 0.0191. The van der Waals surface area contributed by atoms with Crippen molar-refractivity contribution in [2.45, 2.75) is 13.8 Å². The summed E-state index contributed by atoms with van der Waals surface area (Å²) < 4.78 is 0. The number of hydrogen-bond donors (Lipinski definition) is 0. The molecule has 1 rings (SSSR count). The SMILES string of the molecule is C=C1N(C)N=CC=CC1(C)C. The molecule has 1 aliphatic heterocycles. The van der Waals surface area contributed by atoms with E-state index in [2.05, 4.69) is 31.6 Å². The van der Waals surface area contributed by atoms with E-state index < -0.39 is 0 Å². The Morgan fingerprint density at radius 1 is 1.55 bits per heavy atom. The van der Waals surface area contributed by atoms with Gasteiger partial charge in [0.25, 0.3) is 0 Å². The highest BCUT2D eigenvalue weighted by atomic mass is 15.4. The van der Waals surface area contributed by atoms with Gasteiger partial charge in [-0.05, 0) is 6.08 Å². The van der Waals surface area contributed by atoms with Crippen LogP contribution in [0.2, 0.25) is 0 Å². The number of rotatable bonds is 0. The smallest absolute Gasteiger partial charge is 0.0471 e. The minimum Gasteiger partial charge on any atom is -0.272 e. The number of hydrogen-bond acceptors (Lipinski definition) is 2. The van der Waals surface area contributed by atoms with Crippen LogP contribution in [0.3, 0.4) is 0 Å². The van der Waals surface area contributed by atoms with Gasteiger partial charge in [0.2, 0.25) is 0 Å². The summed E-state index contributed by atoms with van der Waals surface area (Å²) in [6.07, 6.45) is 5.83. The fraction of sp³-hybridized carbons (Fsp3) is 0.444. The molecule has 2 heteroatoms. The van der Waals surface area contributed by atoms with Crippen molar-refractivity contribution >= 4 is 6.21 Å². The molecule has 0 unspecified atom stereocenters. The van der Waals surface area contributed by atoms with E-state index in [4.69, 9.17) is 0 Å². The van der Waals surface area contributed by atoms with Crippen LogP contribution in [0.5, 0.6) is 0 Å². The number of allylic oxidation sites excluding steroid dienone is 2. The van der Waals surface area contributed by atoms with Crippen LogP contribution in [-0.2, 0) is 0 Å². The first-order valence-corrected chi connectivity index (χ1v) is 3.69. The maximum Gasteiger partial charge on any atom is 0.0471 e. The summed E-state index contributed by atoms with van der Waals surface area (Å²) >= 11 is 0. The fourth-order valence-corrected chi connectivity index (χ4v) is 1.00. The molecule has 1 aliphatic rings. The molecule has 0 fully saturated rings. The molecular formula is C9H14N2. The molecule has 0 radical (unpaired) electrons. The zero-order valence-corrected chi connectivity index (χ0v) is 7.33. The van der Waals surface area contributed by atoms with Gasteiger partial charge in [-0.3, -0.25) is 5.01 Å². The van der Waals surface area contributed by atoms with E-state index in [-0.39, 0.29) is 5.41 Å². The third kappa shape index (κ3) is 1.50. The van der Waals surface area contributed by atoms with Crippen LogP contribution < -0.4 is 0 Å². The molecule has 11 heavy (non-hydrogen) atoms. The first kappa shape index (κ1) is 8.05. The lowest BCUT2D eigenvalue weighted by Crippen LogP contribution is -2.21. The van der Waals surface area contributed by atoms with E-state index in [0.717, 1.165) is 5.70 Å². The largest absolute Gasteiger partial charge is 0.272 e. The van der Waals surface area contributed by atoms with Crippen molar-refractivity contribution in [1.29, 1.82) is 0 Å². The molecule has 0 aromatic heterocycles. The van der Waals surface area contributed by atoms with Crippen molar-refractivity contribution < 1.29 is 0 Å². The first-order valence-electron chi connectivity index (χ1n) is 3.69. The van der Waals surface area contributed by atoms with Crippen LogP contribution in [0.15, 0.2) is 29.5 Å². The van der Waals surface area contributed by atoms with Crippen LogP contribution >= 0.6 is 0 Å². The van der Waals surface area contributed by atoms with Gasteiger partial charge < -0.3 is 0 Å². The quantitative estimate of drug-likeness (QED) is 0.515. The molecule has 0 saturated heterocycles. The highest BCUT2D eigenvalue weighted by molar-refractivity contribution is 5.71. The monoisotopic (exact) mass is 150 g/mol. The van der Waals surface area contributed by atoms with Crippen LogP contribution in [0.4, 0.5) is 0 Å². The normalized spacial score (nSPS) is 22.1. The van der Waals surface area contributed by atoms with Crippen molar-refractivity contribution in [1.82, 2.24) is 5.01 Å². The highest BCUT2D eigenvalue weighted by Crippen LogP contribution is 2.29. The lowest BCUT2D eigenvalue weighted by molar-refractivity contribution is 0.356. The number of hydrazone groups is 1. The van der Waals surface area contributed by atoms with Crippen LogP contribution in [-0.4, -0.2) is 18.3 Å². The Bertz CT molecular complexity index is 224. The molecule has 0 atom stereocenters. The average molecular weight is 150 g/mol. The summed E-state index contributed by atoms with van der Waals surface area (Å²) in [5, 5.41) is 5.93. The first-order chi connectivity index (χ1) is 5.04. The maximum atomic E-state index is 4.12. The third-order valence-corrected chi connectivity index (χ3v) is 1.97. The molecule has 0 aromatic carbocycles. The molecule has 2 nitrogen and oxygen atoms in total. The zero-order valence-electron chi connectivity index (χ0n) is 7.33. The molecule has 0 spiro atoms. The van der Waals surface area contributed by atoms with Gasteiger partial charge in [-0.25, -0.2) is 0 Å². The Balaban J connectivity index is 2.96. The van der Waals surface area contributed by atoms with Crippen molar-refractivity contribution in [3.8, 4) is 0 Å². The molecule has 60 valence electrons. The van der Waals surface area contributed by atoms with E-state index in [9.17, 15) is 0 Å². The predicted octanol–water partition coefficient (Wildman–Crippen LogP) is 2.01. The third-order valence-electron chi connectivity index (χ3n) is 1.97. The van der Waals surface area contributed by atoms with E-state index in [1.165, 1.54) is 0 Å². The minimum absolute atomic E-state index is 0.0191. The topological polar surface area (TPSA) is 15.6 Å². The average Bonchev–Trinajstić information content (AvgIpc) is 2.03. The summed E-state index contributed by atoms with van der Waals surface area (Å²) in [4.78, 5) is 0. The van der Waals surface area contributed by atoms with Gasteiger partial charge in [0.05, 0.1) is 0 Å². The second kappa shape index (κ2) is 2.53. The summed E-state index contributed by atoms with van der Waals surface area (Å²) in [5.41, 5.74) is 1.04. The Labute approximate surface area is 67.9 Å². The Morgan fingerprint density at radius 3 is 2.82 bits per heavy atom. The molecule has 0 aliphatic carbocycles. The van der Waals surface area contributed by atoms with Crippen molar-refractivity contribution in [2.75, 3.05) is 7.05 Å². The zero-order chi connectivity index (χ0) is 8.48. The summed E-state index contributed by atoms with van der Waals surface area (Å²) in [6, 6.07) is 0. The van der Waals surface area contributed by atoms with Gasteiger partial charge in [-0.2, -0.15) is 5.10 Å². The van der Waals surface area contributed by atoms with Gasteiger partial charge in [-0.15, -0.1) is 0 Å². The van der Waals surface area contributed by atoms with E-state index in [1.54, 1.807) is 11.2 Å². The second-order valence-corrected chi connectivity index (χ2v) is 3.32. The van der Waals surface area contributed by atoms with Crippen molar-refractivity contribution in [2.24, 2.45) is 10.5 Å². The number of nitrogens with zero attached hydrogens (tertiary/aromatic N) is 2. The Kier molecular flexibility index (Phi) is 1.85. The van der Waals surface area contributed by atoms with Gasteiger partial charge in [0, 0.05) is 24.4 Å². The maximum absolute atomic E-state index is 4.12. The lowest BCUT2D eigenvalue weighted by atomic mass is 9.89. The molecule has 0 saturated carbocycles. The molecule has 1 heterocycles.